The first-order valence-corrected chi connectivity index (χ1v) is 5.63. The molecule has 0 fully saturated rings. The summed E-state index contributed by atoms with van der Waals surface area (Å²) >= 11 is 0. The Kier molecular flexibility index (Phi) is 5.33. The molecule has 0 radical (unpaired) electrons. The lowest BCUT2D eigenvalue weighted by molar-refractivity contribution is -0.141. The van der Waals surface area contributed by atoms with Crippen LogP contribution < -0.4 is 9.64 Å². The summed E-state index contributed by atoms with van der Waals surface area (Å²) in [6.45, 7) is 2.36. The zero-order chi connectivity index (χ0) is 12.7. The molecule has 1 aromatic carbocycles. The van der Waals surface area contributed by atoms with Crippen molar-refractivity contribution >= 4 is 11.7 Å². The van der Waals surface area contributed by atoms with Gasteiger partial charge < -0.3 is 14.4 Å². The number of anilines is 1. The van der Waals surface area contributed by atoms with E-state index in [1.807, 2.05) is 43.3 Å². The smallest absolute Gasteiger partial charge is 0.302 e. The van der Waals surface area contributed by atoms with Gasteiger partial charge in [0.25, 0.3) is 0 Å². The van der Waals surface area contributed by atoms with E-state index >= 15 is 0 Å². The highest BCUT2D eigenvalue weighted by molar-refractivity contribution is 5.65. The molecule has 0 atom stereocenters. The number of esters is 1. The van der Waals surface area contributed by atoms with Crippen LogP contribution in [-0.2, 0) is 9.53 Å². The Morgan fingerprint density at radius 3 is 2.35 bits per heavy atom. The highest BCUT2D eigenvalue weighted by atomic mass is 16.5. The molecule has 4 heteroatoms. The number of hydrogen-bond acceptors (Lipinski definition) is 4. The summed E-state index contributed by atoms with van der Waals surface area (Å²) in [5.41, 5.74) is 1.14. The van der Waals surface area contributed by atoms with Crippen molar-refractivity contribution in [3.05, 3.63) is 24.3 Å². The van der Waals surface area contributed by atoms with Crippen LogP contribution in [0.5, 0.6) is 5.75 Å². The molecule has 0 aliphatic heterocycles. The molecule has 0 saturated heterocycles. The van der Waals surface area contributed by atoms with Gasteiger partial charge in [-0.25, -0.2) is 0 Å². The minimum absolute atomic E-state index is 0.250. The molecule has 4 nitrogen and oxygen atoms in total. The van der Waals surface area contributed by atoms with Gasteiger partial charge in [-0.2, -0.15) is 0 Å². The molecular weight excluding hydrogens is 218 g/mol. The maximum absolute atomic E-state index is 10.5. The molecule has 0 bridgehead atoms. The van der Waals surface area contributed by atoms with E-state index in [2.05, 4.69) is 0 Å². The van der Waals surface area contributed by atoms with E-state index in [9.17, 15) is 4.79 Å². The van der Waals surface area contributed by atoms with Gasteiger partial charge in [0, 0.05) is 33.1 Å². The number of hydrogen-bond donors (Lipinski definition) is 0. The maximum Gasteiger partial charge on any atom is 0.302 e. The number of rotatable bonds is 6. The molecule has 0 spiro atoms. The Labute approximate surface area is 102 Å². The molecule has 1 rings (SSSR count). The number of ether oxygens (including phenoxy) is 2. The van der Waals surface area contributed by atoms with Gasteiger partial charge in [0.2, 0.25) is 0 Å². The molecule has 17 heavy (non-hydrogen) atoms. The van der Waals surface area contributed by atoms with Crippen LogP contribution in [0.25, 0.3) is 0 Å². The fraction of sp³-hybridized carbons (Fsp3) is 0.462. The Morgan fingerprint density at radius 1 is 1.18 bits per heavy atom. The fourth-order valence-electron chi connectivity index (χ4n) is 1.31. The Hall–Kier alpha value is -1.71. The summed E-state index contributed by atoms with van der Waals surface area (Å²) in [7, 11) is 3.99. The summed E-state index contributed by atoms with van der Waals surface area (Å²) in [5.74, 6) is 0.582. The van der Waals surface area contributed by atoms with Crippen molar-refractivity contribution in [3.63, 3.8) is 0 Å². The van der Waals surface area contributed by atoms with E-state index in [1.54, 1.807) is 0 Å². The third-order valence-corrected chi connectivity index (χ3v) is 2.22. The van der Waals surface area contributed by atoms with Crippen LogP contribution in [0.1, 0.15) is 13.3 Å². The first-order chi connectivity index (χ1) is 8.09. The summed E-state index contributed by atoms with van der Waals surface area (Å²) in [6.07, 6.45) is 0.703. The summed E-state index contributed by atoms with van der Waals surface area (Å²) in [6, 6.07) is 7.87. The minimum Gasteiger partial charge on any atom is -0.493 e. The standard InChI is InChI=1S/C13H19NO3/c1-11(15)16-9-4-10-17-13-7-5-12(6-8-13)14(2)3/h5-8H,4,9-10H2,1-3H3. The molecule has 0 unspecified atom stereocenters. The van der Waals surface area contributed by atoms with Crippen LogP contribution in [-0.4, -0.2) is 33.3 Å². The molecule has 0 aliphatic rings. The van der Waals surface area contributed by atoms with E-state index < -0.39 is 0 Å². The predicted molar refractivity (Wildman–Crippen MR) is 67.5 cm³/mol. The van der Waals surface area contributed by atoms with Gasteiger partial charge in [-0.05, 0) is 24.3 Å². The van der Waals surface area contributed by atoms with E-state index in [0.29, 0.717) is 19.6 Å². The van der Waals surface area contributed by atoms with Gasteiger partial charge in [-0.3, -0.25) is 4.79 Å². The van der Waals surface area contributed by atoms with E-state index in [-0.39, 0.29) is 5.97 Å². The number of benzene rings is 1. The van der Waals surface area contributed by atoms with Crippen LogP contribution in [0.4, 0.5) is 5.69 Å². The molecule has 0 amide bonds. The van der Waals surface area contributed by atoms with Gasteiger partial charge >= 0.3 is 5.97 Å². The van der Waals surface area contributed by atoms with Crippen LogP contribution in [0, 0.1) is 0 Å². The van der Waals surface area contributed by atoms with Crippen molar-refractivity contribution in [1.29, 1.82) is 0 Å². The first kappa shape index (κ1) is 13.4. The Bertz CT molecular complexity index is 346. The van der Waals surface area contributed by atoms with Gasteiger partial charge in [0.1, 0.15) is 5.75 Å². The lowest BCUT2D eigenvalue weighted by Crippen LogP contribution is -2.08. The van der Waals surface area contributed by atoms with Crippen molar-refractivity contribution in [3.8, 4) is 5.75 Å². The van der Waals surface area contributed by atoms with E-state index in [0.717, 1.165) is 11.4 Å². The molecular formula is C13H19NO3. The topological polar surface area (TPSA) is 38.8 Å². The lowest BCUT2D eigenvalue weighted by Gasteiger charge is -2.13. The van der Waals surface area contributed by atoms with Gasteiger partial charge in [0.05, 0.1) is 13.2 Å². The summed E-state index contributed by atoms with van der Waals surface area (Å²) in [5, 5.41) is 0. The quantitative estimate of drug-likeness (QED) is 0.561. The average Bonchev–Trinajstić information content (AvgIpc) is 2.29. The van der Waals surface area contributed by atoms with Crippen LogP contribution >= 0.6 is 0 Å². The second-order valence-electron chi connectivity index (χ2n) is 3.93. The molecule has 0 saturated carbocycles. The zero-order valence-corrected chi connectivity index (χ0v) is 10.6. The van der Waals surface area contributed by atoms with Gasteiger partial charge in [-0.15, -0.1) is 0 Å². The highest BCUT2D eigenvalue weighted by Crippen LogP contribution is 2.17. The van der Waals surface area contributed by atoms with Crippen LogP contribution in [0.15, 0.2) is 24.3 Å². The van der Waals surface area contributed by atoms with Crippen LogP contribution in [0.3, 0.4) is 0 Å². The van der Waals surface area contributed by atoms with Crippen molar-refractivity contribution in [1.82, 2.24) is 0 Å². The normalized spacial score (nSPS) is 9.82. The number of carbonyl (C=O) groups excluding carboxylic acids is 1. The van der Waals surface area contributed by atoms with Gasteiger partial charge in [0.15, 0.2) is 0 Å². The Morgan fingerprint density at radius 2 is 1.82 bits per heavy atom. The predicted octanol–water partition coefficient (Wildman–Crippen LogP) is 2.08. The summed E-state index contributed by atoms with van der Waals surface area (Å²) in [4.78, 5) is 12.5. The van der Waals surface area contributed by atoms with Crippen molar-refractivity contribution in [2.24, 2.45) is 0 Å². The van der Waals surface area contributed by atoms with Crippen molar-refractivity contribution in [2.75, 3.05) is 32.2 Å². The number of carbonyl (C=O) groups is 1. The highest BCUT2D eigenvalue weighted by Gasteiger charge is 1.97. The fourth-order valence-corrected chi connectivity index (χ4v) is 1.31. The van der Waals surface area contributed by atoms with Crippen molar-refractivity contribution in [2.45, 2.75) is 13.3 Å². The van der Waals surface area contributed by atoms with E-state index in [1.165, 1.54) is 6.92 Å². The molecule has 0 heterocycles. The van der Waals surface area contributed by atoms with E-state index in [4.69, 9.17) is 9.47 Å². The average molecular weight is 237 g/mol. The molecule has 0 N–H and O–H groups in total. The van der Waals surface area contributed by atoms with Crippen molar-refractivity contribution < 1.29 is 14.3 Å². The largest absolute Gasteiger partial charge is 0.493 e. The Balaban J connectivity index is 2.25. The maximum atomic E-state index is 10.5. The first-order valence-electron chi connectivity index (χ1n) is 5.63. The second kappa shape index (κ2) is 6.78. The second-order valence-corrected chi connectivity index (χ2v) is 3.93. The third kappa shape index (κ3) is 5.24. The molecule has 94 valence electrons. The number of nitrogens with zero attached hydrogens (tertiary/aromatic N) is 1. The molecule has 0 aliphatic carbocycles. The van der Waals surface area contributed by atoms with Gasteiger partial charge in [-0.1, -0.05) is 0 Å². The molecule has 0 aromatic heterocycles. The zero-order valence-electron chi connectivity index (χ0n) is 10.6. The lowest BCUT2D eigenvalue weighted by atomic mass is 10.3. The SMILES string of the molecule is CC(=O)OCCCOc1ccc(N(C)C)cc1. The molecule has 1 aromatic rings. The third-order valence-electron chi connectivity index (χ3n) is 2.22. The van der Waals surface area contributed by atoms with Crippen LogP contribution in [0.2, 0.25) is 0 Å². The minimum atomic E-state index is -0.250. The monoisotopic (exact) mass is 237 g/mol. The summed E-state index contributed by atoms with van der Waals surface area (Å²) < 4.78 is 10.3.